The fourth-order valence-electron chi connectivity index (χ4n) is 3.48. The number of morpholine rings is 1. The second-order valence-corrected chi connectivity index (χ2v) is 9.22. The molecule has 3 aromatic rings. The van der Waals surface area contributed by atoms with E-state index in [4.69, 9.17) is 32.4 Å². The topological polar surface area (TPSA) is 67.6 Å². The van der Waals surface area contributed by atoms with Crippen LogP contribution in [0.15, 0.2) is 40.1 Å². The van der Waals surface area contributed by atoms with Crippen molar-refractivity contribution in [2.45, 2.75) is 26.0 Å². The van der Waals surface area contributed by atoms with E-state index in [1.807, 2.05) is 42.6 Å². The number of halogens is 2. The number of ether oxygens (including phenoxy) is 1. The van der Waals surface area contributed by atoms with E-state index in [0.717, 1.165) is 30.1 Å². The lowest BCUT2D eigenvalue weighted by atomic mass is 10.2. The average molecular weight is 480 g/mol. The lowest BCUT2D eigenvalue weighted by molar-refractivity contribution is -0.121. The molecule has 0 bridgehead atoms. The molecule has 3 heterocycles. The number of nitrogens with one attached hydrogen (secondary N) is 1. The number of thiophene rings is 1. The van der Waals surface area contributed by atoms with Crippen molar-refractivity contribution in [2.75, 3.05) is 26.2 Å². The number of rotatable bonds is 7. The molecule has 0 aliphatic carbocycles. The van der Waals surface area contributed by atoms with Crippen LogP contribution in [0.4, 0.5) is 0 Å². The number of benzene rings is 1. The predicted molar refractivity (Wildman–Crippen MR) is 123 cm³/mol. The lowest BCUT2D eigenvalue weighted by Crippen LogP contribution is -2.47. The average Bonchev–Trinajstić information content (AvgIpc) is 3.40. The number of hydrogen-bond acceptors (Lipinski definition) is 6. The second kappa shape index (κ2) is 10.1. The van der Waals surface area contributed by atoms with Gasteiger partial charge in [0.1, 0.15) is 5.76 Å². The number of carbonyl (C=O) groups is 1. The summed E-state index contributed by atoms with van der Waals surface area (Å²) in [5.74, 6) is 1.13. The summed E-state index contributed by atoms with van der Waals surface area (Å²) < 4.78 is 11.5. The molecule has 0 radical (unpaired) electrons. The molecule has 9 heteroatoms. The van der Waals surface area contributed by atoms with Gasteiger partial charge in [0, 0.05) is 26.2 Å². The molecule has 1 aliphatic rings. The third-order valence-corrected chi connectivity index (χ3v) is 6.69. The monoisotopic (exact) mass is 479 g/mol. The van der Waals surface area contributed by atoms with E-state index in [9.17, 15) is 4.79 Å². The maximum absolute atomic E-state index is 12.5. The Balaban J connectivity index is 1.27. The van der Waals surface area contributed by atoms with Crippen LogP contribution in [-0.2, 0) is 22.5 Å². The summed E-state index contributed by atoms with van der Waals surface area (Å²) in [6.45, 7) is 5.21. The van der Waals surface area contributed by atoms with E-state index in [0.29, 0.717) is 40.5 Å². The Kier molecular flexibility index (Phi) is 7.30. The van der Waals surface area contributed by atoms with Crippen LogP contribution in [0.1, 0.15) is 17.0 Å². The third kappa shape index (κ3) is 5.87. The van der Waals surface area contributed by atoms with Crippen molar-refractivity contribution >= 4 is 40.4 Å². The number of amides is 1. The first-order valence-electron chi connectivity index (χ1n) is 10.0. The Bertz CT molecular complexity index is 1040. The molecular formula is C22H23Cl2N3O3S. The molecule has 1 N–H and O–H groups in total. The number of aromatic nitrogens is 1. The predicted octanol–water partition coefficient (Wildman–Crippen LogP) is 4.58. The van der Waals surface area contributed by atoms with E-state index < -0.39 is 0 Å². The molecule has 1 unspecified atom stereocenters. The number of hydrogen-bond donors (Lipinski definition) is 1. The minimum Gasteiger partial charge on any atom is -0.440 e. The first kappa shape index (κ1) is 22.3. The quantitative estimate of drug-likeness (QED) is 0.537. The maximum Gasteiger partial charge on any atom is 0.236 e. The van der Waals surface area contributed by atoms with Crippen LogP contribution in [0.2, 0.25) is 10.0 Å². The minimum atomic E-state index is -0.0978. The Labute approximate surface area is 195 Å². The highest BCUT2D eigenvalue weighted by molar-refractivity contribution is 7.13. The van der Waals surface area contributed by atoms with Crippen molar-refractivity contribution in [1.29, 1.82) is 0 Å². The zero-order valence-electron chi connectivity index (χ0n) is 17.1. The molecule has 2 aromatic heterocycles. The second-order valence-electron chi connectivity index (χ2n) is 7.46. The first-order valence-corrected chi connectivity index (χ1v) is 11.7. The molecule has 1 amide bonds. The van der Waals surface area contributed by atoms with Crippen molar-refractivity contribution in [1.82, 2.24) is 15.2 Å². The van der Waals surface area contributed by atoms with E-state index in [-0.39, 0.29) is 18.4 Å². The van der Waals surface area contributed by atoms with Gasteiger partial charge in [-0.05, 0) is 36.1 Å². The van der Waals surface area contributed by atoms with E-state index in [1.165, 1.54) is 0 Å². The van der Waals surface area contributed by atoms with Gasteiger partial charge in [0.25, 0.3) is 0 Å². The van der Waals surface area contributed by atoms with Crippen molar-refractivity contribution in [3.05, 3.63) is 62.8 Å². The van der Waals surface area contributed by atoms with E-state index >= 15 is 0 Å². The Hall–Kier alpha value is -1.90. The molecule has 0 spiro atoms. The molecule has 1 atom stereocenters. The van der Waals surface area contributed by atoms with Crippen LogP contribution >= 0.6 is 34.5 Å². The molecule has 4 rings (SSSR count). The summed E-state index contributed by atoms with van der Waals surface area (Å²) in [4.78, 5) is 20.2. The molecule has 0 saturated carbocycles. The first-order chi connectivity index (χ1) is 15.0. The molecule has 1 aromatic carbocycles. The number of oxazole rings is 1. The van der Waals surface area contributed by atoms with Crippen LogP contribution in [-0.4, -0.2) is 48.1 Å². The molecule has 6 nitrogen and oxygen atoms in total. The highest BCUT2D eigenvalue weighted by atomic mass is 35.5. The van der Waals surface area contributed by atoms with Gasteiger partial charge in [0.05, 0.1) is 39.7 Å². The third-order valence-electron chi connectivity index (χ3n) is 5.09. The summed E-state index contributed by atoms with van der Waals surface area (Å²) in [6.07, 6.45) is 0.112. The molecule has 1 fully saturated rings. The van der Waals surface area contributed by atoms with Gasteiger partial charge >= 0.3 is 0 Å². The van der Waals surface area contributed by atoms with Gasteiger partial charge in [-0.2, -0.15) is 0 Å². The summed E-state index contributed by atoms with van der Waals surface area (Å²) in [5.41, 5.74) is 1.76. The standard InChI is InChI=1S/C22H23Cl2N3O3S/c1-14-19(26-22(30-14)20-3-2-8-31-20)10-21(28)25-11-16-13-27(6-7-29-16)12-15-4-5-17(23)18(24)9-15/h2-5,8-9,16H,6-7,10-13H2,1H3,(H,25,28). The fraction of sp³-hybridized carbons (Fsp3) is 0.364. The summed E-state index contributed by atoms with van der Waals surface area (Å²) in [6, 6.07) is 9.57. The Morgan fingerprint density at radius 1 is 1.32 bits per heavy atom. The number of carbonyl (C=O) groups excluding carboxylic acids is 1. The molecular weight excluding hydrogens is 457 g/mol. The van der Waals surface area contributed by atoms with Gasteiger partial charge in [0.2, 0.25) is 11.8 Å². The molecule has 1 aliphatic heterocycles. The highest BCUT2D eigenvalue weighted by Gasteiger charge is 2.22. The van der Waals surface area contributed by atoms with Crippen molar-refractivity contribution in [3.8, 4) is 10.8 Å². The molecule has 31 heavy (non-hydrogen) atoms. The Morgan fingerprint density at radius 2 is 2.19 bits per heavy atom. The lowest BCUT2D eigenvalue weighted by Gasteiger charge is -2.33. The molecule has 164 valence electrons. The van der Waals surface area contributed by atoms with E-state index in [1.54, 1.807) is 11.3 Å². The minimum absolute atomic E-state index is 0.0689. The van der Waals surface area contributed by atoms with Gasteiger partial charge in [-0.3, -0.25) is 9.69 Å². The number of nitrogens with zero attached hydrogens (tertiary/aromatic N) is 2. The van der Waals surface area contributed by atoms with Gasteiger partial charge in [-0.15, -0.1) is 11.3 Å². The van der Waals surface area contributed by atoms with Crippen molar-refractivity contribution < 1.29 is 13.9 Å². The van der Waals surface area contributed by atoms with Crippen molar-refractivity contribution in [2.24, 2.45) is 0 Å². The van der Waals surface area contributed by atoms with Crippen LogP contribution in [0, 0.1) is 6.92 Å². The summed E-state index contributed by atoms with van der Waals surface area (Å²) in [5, 5.41) is 6.04. The largest absolute Gasteiger partial charge is 0.440 e. The van der Waals surface area contributed by atoms with Gasteiger partial charge < -0.3 is 14.5 Å². The van der Waals surface area contributed by atoms with Crippen LogP contribution < -0.4 is 5.32 Å². The van der Waals surface area contributed by atoms with E-state index in [2.05, 4.69) is 15.2 Å². The van der Waals surface area contributed by atoms with Gasteiger partial charge in [0.15, 0.2) is 0 Å². The zero-order chi connectivity index (χ0) is 21.8. The maximum atomic E-state index is 12.5. The van der Waals surface area contributed by atoms with Crippen molar-refractivity contribution in [3.63, 3.8) is 0 Å². The van der Waals surface area contributed by atoms with Gasteiger partial charge in [-0.25, -0.2) is 4.98 Å². The Morgan fingerprint density at radius 3 is 2.97 bits per heavy atom. The number of aryl methyl sites for hydroxylation is 1. The zero-order valence-corrected chi connectivity index (χ0v) is 19.4. The van der Waals surface area contributed by atoms with Gasteiger partial charge in [-0.1, -0.05) is 35.3 Å². The van der Waals surface area contributed by atoms with Crippen LogP contribution in [0.3, 0.4) is 0 Å². The highest BCUT2D eigenvalue weighted by Crippen LogP contribution is 2.26. The molecule has 1 saturated heterocycles. The summed E-state index contributed by atoms with van der Waals surface area (Å²) >= 11 is 13.7. The van der Waals surface area contributed by atoms with Crippen LogP contribution in [0.25, 0.3) is 10.8 Å². The van der Waals surface area contributed by atoms with Crippen LogP contribution in [0.5, 0.6) is 0 Å². The fourth-order valence-corrected chi connectivity index (χ4v) is 4.45. The smallest absolute Gasteiger partial charge is 0.236 e. The summed E-state index contributed by atoms with van der Waals surface area (Å²) in [7, 11) is 0. The SMILES string of the molecule is Cc1oc(-c2cccs2)nc1CC(=O)NCC1CN(Cc2ccc(Cl)c(Cl)c2)CCO1. The normalized spacial score (nSPS) is 17.1.